The molecule has 1 N–H and O–H groups in total. The predicted octanol–water partition coefficient (Wildman–Crippen LogP) is 2.23. The van der Waals surface area contributed by atoms with E-state index >= 15 is 0 Å². The van der Waals surface area contributed by atoms with Gasteiger partial charge in [-0.1, -0.05) is 0 Å². The van der Waals surface area contributed by atoms with E-state index in [1.54, 1.807) is 0 Å². The Morgan fingerprint density at radius 2 is 2.31 bits per heavy atom. The number of hydrogen-bond donors (Lipinski definition) is 1. The van der Waals surface area contributed by atoms with Crippen LogP contribution in [0.5, 0.6) is 0 Å². The number of hydrogen-bond acceptors (Lipinski definition) is 2. The first kappa shape index (κ1) is 8.02. The third kappa shape index (κ3) is 1.23. The molecule has 0 spiro atoms. The van der Waals surface area contributed by atoms with E-state index in [1.807, 2.05) is 6.07 Å². The van der Waals surface area contributed by atoms with Gasteiger partial charge in [0.15, 0.2) is 5.82 Å². The molecule has 0 radical (unpaired) electrons. The molecule has 0 aliphatic rings. The number of imidazole rings is 1. The predicted molar refractivity (Wildman–Crippen MR) is 45.8 cm³/mol. The second-order valence-corrected chi connectivity index (χ2v) is 2.85. The van der Waals surface area contributed by atoms with Crippen LogP contribution in [0.25, 0.3) is 11.0 Å². The number of nitrogens with one attached hydrogen (secondary N) is 1. The van der Waals surface area contributed by atoms with Gasteiger partial charge in [-0.2, -0.15) is 5.26 Å². The van der Waals surface area contributed by atoms with Crippen molar-refractivity contribution in [1.29, 1.82) is 5.26 Å². The maximum Gasteiger partial charge on any atom is 0.201 e. The number of aromatic nitrogens is 2. The average Bonchev–Trinajstić information content (AvgIpc) is 2.46. The van der Waals surface area contributed by atoms with Gasteiger partial charge in [-0.3, -0.25) is 0 Å². The van der Waals surface area contributed by atoms with Crippen LogP contribution in [-0.2, 0) is 0 Å². The molecule has 2 rings (SSSR count). The molecule has 1 heterocycles. The van der Waals surface area contributed by atoms with E-state index < -0.39 is 5.82 Å². The van der Waals surface area contributed by atoms with Crippen molar-refractivity contribution in [2.75, 3.05) is 0 Å². The summed E-state index contributed by atoms with van der Waals surface area (Å²) in [6.45, 7) is 0. The van der Waals surface area contributed by atoms with Crippen molar-refractivity contribution < 1.29 is 4.39 Å². The van der Waals surface area contributed by atoms with Gasteiger partial charge < -0.3 is 4.98 Å². The molecule has 13 heavy (non-hydrogen) atoms. The summed E-state index contributed by atoms with van der Waals surface area (Å²) in [5.74, 6) is -0.544. The maximum atomic E-state index is 13.2. The first-order valence-corrected chi connectivity index (χ1v) is 3.83. The van der Waals surface area contributed by atoms with E-state index in [9.17, 15) is 4.39 Å². The van der Waals surface area contributed by atoms with Gasteiger partial charge in [-0.05, 0) is 23.7 Å². The van der Waals surface area contributed by atoms with Crippen LogP contribution in [-0.4, -0.2) is 9.97 Å². The zero-order valence-corrected chi connectivity index (χ0v) is 7.06. The molecule has 1 aromatic carbocycles. The molecular formula is C8H3ClFN3. The number of halogens is 2. The van der Waals surface area contributed by atoms with Crippen molar-refractivity contribution in [2.24, 2.45) is 0 Å². The Bertz CT molecular complexity index is 512. The quantitative estimate of drug-likeness (QED) is 0.701. The summed E-state index contributed by atoms with van der Waals surface area (Å²) in [6.07, 6.45) is 0. The summed E-state index contributed by atoms with van der Waals surface area (Å²) in [4.78, 5) is 6.35. The molecule has 0 bridgehead atoms. The van der Waals surface area contributed by atoms with E-state index in [1.165, 1.54) is 6.07 Å². The maximum absolute atomic E-state index is 13.2. The van der Waals surface area contributed by atoms with Crippen molar-refractivity contribution in [3.63, 3.8) is 0 Å². The minimum atomic E-state index is -0.544. The van der Waals surface area contributed by atoms with Gasteiger partial charge in [0.1, 0.15) is 5.52 Å². The van der Waals surface area contributed by atoms with E-state index in [0.29, 0.717) is 5.52 Å². The topological polar surface area (TPSA) is 52.5 Å². The number of nitrogens with zero attached hydrogens (tertiary/aromatic N) is 2. The number of aromatic amines is 1. The summed E-state index contributed by atoms with van der Waals surface area (Å²) in [5.41, 5.74) is 0.830. The van der Waals surface area contributed by atoms with Crippen molar-refractivity contribution in [1.82, 2.24) is 9.97 Å². The normalized spacial score (nSPS) is 10.2. The summed E-state index contributed by atoms with van der Waals surface area (Å²) < 4.78 is 13.2. The Hall–Kier alpha value is -1.60. The summed E-state index contributed by atoms with van der Waals surface area (Å²) in [5, 5.41) is 8.66. The second-order valence-electron chi connectivity index (χ2n) is 2.49. The molecule has 5 heteroatoms. The van der Waals surface area contributed by atoms with Gasteiger partial charge in [0.05, 0.1) is 17.1 Å². The molecule has 3 nitrogen and oxygen atoms in total. The lowest BCUT2D eigenvalue weighted by molar-refractivity contribution is 0.637. The Labute approximate surface area is 77.8 Å². The zero-order chi connectivity index (χ0) is 9.42. The fraction of sp³-hybridized carbons (Fsp3) is 0. The number of benzene rings is 1. The molecule has 64 valence electrons. The van der Waals surface area contributed by atoms with Crippen molar-refractivity contribution >= 4 is 22.6 Å². The lowest BCUT2D eigenvalue weighted by Crippen LogP contribution is -1.81. The average molecular weight is 196 g/mol. The van der Waals surface area contributed by atoms with Gasteiger partial charge in [0, 0.05) is 0 Å². The number of nitriles is 1. The molecule has 1 aromatic heterocycles. The van der Waals surface area contributed by atoms with Crippen molar-refractivity contribution in [3.8, 4) is 6.07 Å². The summed E-state index contributed by atoms with van der Waals surface area (Å²) in [6, 6.07) is 4.46. The number of fused-ring (bicyclic) bond motifs is 1. The highest BCUT2D eigenvalue weighted by Gasteiger charge is 2.07. The lowest BCUT2D eigenvalue weighted by Gasteiger charge is -1.91. The monoisotopic (exact) mass is 195 g/mol. The highest BCUT2D eigenvalue weighted by Crippen LogP contribution is 2.19. The van der Waals surface area contributed by atoms with Gasteiger partial charge in [-0.25, -0.2) is 9.37 Å². The second kappa shape index (κ2) is 2.71. The van der Waals surface area contributed by atoms with E-state index in [-0.39, 0.29) is 16.4 Å². The lowest BCUT2D eigenvalue weighted by atomic mass is 10.2. The van der Waals surface area contributed by atoms with E-state index in [0.717, 1.165) is 6.07 Å². The molecule has 0 saturated heterocycles. The van der Waals surface area contributed by atoms with Crippen LogP contribution >= 0.6 is 11.6 Å². The van der Waals surface area contributed by atoms with Crippen LogP contribution in [0.2, 0.25) is 5.28 Å². The molecule has 0 saturated carbocycles. The van der Waals surface area contributed by atoms with Crippen LogP contribution in [0.4, 0.5) is 4.39 Å². The molecule has 0 amide bonds. The van der Waals surface area contributed by atoms with Gasteiger partial charge in [0.25, 0.3) is 0 Å². The summed E-state index contributed by atoms with van der Waals surface area (Å²) >= 11 is 5.53. The van der Waals surface area contributed by atoms with E-state index in [2.05, 4.69) is 9.97 Å². The standard InChI is InChI=1S/C8H3ClFN3/c9-8-12-6-2-4(3-11)1-5(10)7(6)13-8/h1-2H,(H,12,13). The van der Waals surface area contributed by atoms with Crippen LogP contribution in [0, 0.1) is 17.1 Å². The van der Waals surface area contributed by atoms with Crippen molar-refractivity contribution in [2.45, 2.75) is 0 Å². The Morgan fingerprint density at radius 3 is 3.00 bits per heavy atom. The van der Waals surface area contributed by atoms with Crippen LogP contribution in [0.1, 0.15) is 5.56 Å². The molecule has 0 atom stereocenters. The highest BCUT2D eigenvalue weighted by atomic mass is 35.5. The fourth-order valence-electron chi connectivity index (χ4n) is 1.11. The SMILES string of the molecule is N#Cc1cc(F)c2nc(Cl)[nH]c2c1. The Morgan fingerprint density at radius 1 is 1.54 bits per heavy atom. The fourth-order valence-corrected chi connectivity index (χ4v) is 1.30. The Kier molecular flexibility index (Phi) is 1.67. The smallest absolute Gasteiger partial charge is 0.201 e. The van der Waals surface area contributed by atoms with Crippen LogP contribution in [0.3, 0.4) is 0 Å². The first-order valence-electron chi connectivity index (χ1n) is 3.45. The summed E-state index contributed by atoms with van der Waals surface area (Å²) in [7, 11) is 0. The van der Waals surface area contributed by atoms with Gasteiger partial charge in [0.2, 0.25) is 5.28 Å². The van der Waals surface area contributed by atoms with Gasteiger partial charge >= 0.3 is 0 Å². The first-order chi connectivity index (χ1) is 6.20. The molecule has 0 unspecified atom stereocenters. The van der Waals surface area contributed by atoms with E-state index in [4.69, 9.17) is 16.9 Å². The molecular weight excluding hydrogens is 193 g/mol. The highest BCUT2D eigenvalue weighted by molar-refractivity contribution is 6.29. The molecule has 0 aliphatic carbocycles. The van der Waals surface area contributed by atoms with Crippen LogP contribution < -0.4 is 0 Å². The minimum absolute atomic E-state index is 0.115. The van der Waals surface area contributed by atoms with Crippen molar-refractivity contribution in [3.05, 3.63) is 28.8 Å². The third-order valence-corrected chi connectivity index (χ3v) is 1.82. The number of rotatable bonds is 0. The molecule has 0 aliphatic heterocycles. The Balaban J connectivity index is 2.85. The van der Waals surface area contributed by atoms with Crippen LogP contribution in [0.15, 0.2) is 12.1 Å². The third-order valence-electron chi connectivity index (χ3n) is 1.64. The van der Waals surface area contributed by atoms with Gasteiger partial charge in [-0.15, -0.1) is 0 Å². The minimum Gasteiger partial charge on any atom is -0.328 e. The molecule has 0 fully saturated rings. The molecule has 2 aromatic rings. The number of H-pyrrole nitrogens is 1. The zero-order valence-electron chi connectivity index (χ0n) is 6.31. The largest absolute Gasteiger partial charge is 0.328 e.